The van der Waals surface area contributed by atoms with Gasteiger partial charge in [0, 0.05) is 22.3 Å². The van der Waals surface area contributed by atoms with Gasteiger partial charge in [0.25, 0.3) is 0 Å². The third kappa shape index (κ3) is 4.14. The lowest BCUT2D eigenvalue weighted by atomic mass is 9.93. The van der Waals surface area contributed by atoms with Crippen LogP contribution in [0.1, 0.15) is 16.7 Å². The summed E-state index contributed by atoms with van der Waals surface area (Å²) >= 11 is 6.29. The van der Waals surface area contributed by atoms with E-state index in [1.54, 1.807) is 0 Å². The Morgan fingerprint density at radius 2 is 1.17 bits per heavy atom. The summed E-state index contributed by atoms with van der Waals surface area (Å²) in [6.45, 7) is 1.47. The van der Waals surface area contributed by atoms with Crippen LogP contribution >= 0.6 is 11.6 Å². The van der Waals surface area contributed by atoms with Gasteiger partial charge in [-0.15, -0.1) is 0 Å². The summed E-state index contributed by atoms with van der Waals surface area (Å²) < 4.78 is 106. The molecular weight excluding hydrogens is 440 g/mol. The molecule has 0 saturated heterocycles. The van der Waals surface area contributed by atoms with Crippen molar-refractivity contribution in [2.75, 3.05) is 0 Å². The van der Waals surface area contributed by atoms with E-state index in [4.69, 9.17) is 11.6 Å². The van der Waals surface area contributed by atoms with E-state index >= 15 is 0 Å². The molecular formula is C21H11ClF8. The number of alkyl halides is 6. The topological polar surface area (TPSA) is 0 Å². The minimum Gasteiger partial charge on any atom is -0.206 e. The molecule has 3 aromatic rings. The summed E-state index contributed by atoms with van der Waals surface area (Å²) in [4.78, 5) is 0. The molecule has 0 saturated carbocycles. The molecule has 0 bridgehead atoms. The van der Waals surface area contributed by atoms with Crippen molar-refractivity contribution in [2.24, 2.45) is 0 Å². The largest absolute Gasteiger partial charge is 0.416 e. The van der Waals surface area contributed by atoms with Crippen molar-refractivity contribution in [3.63, 3.8) is 0 Å². The summed E-state index contributed by atoms with van der Waals surface area (Å²) in [6.07, 6.45) is -9.50. The maximum absolute atomic E-state index is 14.4. The lowest BCUT2D eigenvalue weighted by molar-refractivity contribution is -0.138. The molecule has 0 radical (unpaired) electrons. The number of hydrogen-bond donors (Lipinski definition) is 0. The molecule has 0 atom stereocenters. The van der Waals surface area contributed by atoms with E-state index in [0.29, 0.717) is 29.8 Å². The highest BCUT2D eigenvalue weighted by Gasteiger charge is 2.33. The van der Waals surface area contributed by atoms with Crippen LogP contribution in [0.2, 0.25) is 5.02 Å². The van der Waals surface area contributed by atoms with Crippen molar-refractivity contribution in [3.05, 3.63) is 81.9 Å². The Morgan fingerprint density at radius 1 is 0.633 bits per heavy atom. The van der Waals surface area contributed by atoms with Crippen LogP contribution in [0.25, 0.3) is 22.3 Å². The first-order valence-corrected chi connectivity index (χ1v) is 8.72. The van der Waals surface area contributed by atoms with Gasteiger partial charge in [-0.3, -0.25) is 0 Å². The van der Waals surface area contributed by atoms with Crippen LogP contribution in [-0.4, -0.2) is 0 Å². The Labute approximate surface area is 170 Å². The molecule has 0 heterocycles. The molecule has 0 N–H and O–H groups in total. The predicted molar refractivity (Wildman–Crippen MR) is 97.0 cm³/mol. The van der Waals surface area contributed by atoms with Crippen LogP contribution in [0.5, 0.6) is 0 Å². The zero-order valence-corrected chi connectivity index (χ0v) is 15.8. The van der Waals surface area contributed by atoms with Gasteiger partial charge in [-0.2, -0.15) is 26.3 Å². The van der Waals surface area contributed by atoms with Gasteiger partial charge in [0.15, 0.2) is 0 Å². The maximum atomic E-state index is 14.4. The van der Waals surface area contributed by atoms with Crippen LogP contribution < -0.4 is 0 Å². The average molecular weight is 451 g/mol. The number of aryl methyl sites for hydroxylation is 1. The first kappa shape index (κ1) is 22.1. The Balaban J connectivity index is 2.22. The van der Waals surface area contributed by atoms with Crippen molar-refractivity contribution >= 4 is 11.6 Å². The van der Waals surface area contributed by atoms with Crippen LogP contribution in [0.4, 0.5) is 35.1 Å². The second kappa shape index (κ2) is 7.58. The predicted octanol–water partition coefficient (Wildman–Crippen LogP) is 8.30. The van der Waals surface area contributed by atoms with Crippen LogP contribution in [-0.2, 0) is 12.4 Å². The molecule has 0 nitrogen and oxygen atoms in total. The van der Waals surface area contributed by atoms with Gasteiger partial charge in [0.2, 0.25) is 0 Å². The number of halogens is 9. The lowest BCUT2D eigenvalue weighted by Gasteiger charge is -2.17. The Hall–Kier alpha value is -2.61. The van der Waals surface area contributed by atoms with Crippen LogP contribution in [0.15, 0.2) is 48.5 Å². The summed E-state index contributed by atoms with van der Waals surface area (Å²) in [5.41, 5.74) is -2.98. The van der Waals surface area contributed by atoms with Gasteiger partial charge >= 0.3 is 12.4 Å². The molecule has 158 valence electrons. The third-order valence-corrected chi connectivity index (χ3v) is 4.89. The van der Waals surface area contributed by atoms with Gasteiger partial charge in [-0.05, 0) is 42.8 Å². The molecule has 0 spiro atoms. The Morgan fingerprint density at radius 3 is 1.73 bits per heavy atom. The van der Waals surface area contributed by atoms with E-state index < -0.39 is 40.7 Å². The van der Waals surface area contributed by atoms with E-state index in [2.05, 4.69) is 0 Å². The number of rotatable bonds is 2. The smallest absolute Gasteiger partial charge is 0.206 e. The molecule has 0 fully saturated rings. The van der Waals surface area contributed by atoms with E-state index in [9.17, 15) is 35.1 Å². The average Bonchev–Trinajstić information content (AvgIpc) is 2.62. The van der Waals surface area contributed by atoms with Gasteiger partial charge in [-0.1, -0.05) is 29.8 Å². The second-order valence-corrected chi connectivity index (χ2v) is 6.88. The quantitative estimate of drug-likeness (QED) is 0.344. The third-order valence-electron chi connectivity index (χ3n) is 4.50. The van der Waals surface area contributed by atoms with E-state index in [1.165, 1.54) is 19.1 Å². The molecule has 0 unspecified atom stereocenters. The fourth-order valence-corrected chi connectivity index (χ4v) is 3.43. The molecule has 9 heteroatoms. The normalized spacial score (nSPS) is 12.3. The van der Waals surface area contributed by atoms with E-state index in [1.807, 2.05) is 0 Å². The molecule has 0 amide bonds. The fraction of sp³-hybridized carbons (Fsp3) is 0.143. The molecule has 0 aliphatic rings. The lowest BCUT2D eigenvalue weighted by Crippen LogP contribution is -2.06. The Kier molecular flexibility index (Phi) is 5.58. The van der Waals surface area contributed by atoms with Gasteiger partial charge in [-0.25, -0.2) is 8.78 Å². The highest BCUT2D eigenvalue weighted by atomic mass is 35.5. The first-order valence-electron chi connectivity index (χ1n) is 8.34. The summed E-state index contributed by atoms with van der Waals surface area (Å²) in [5.74, 6) is -2.22. The van der Waals surface area contributed by atoms with E-state index in [-0.39, 0.29) is 27.8 Å². The number of benzene rings is 3. The standard InChI is InChI=1S/C21H11ClF8/c1-10-2-5-14(13-6-3-12(9-17(13)24)21(28,29)30)19(22)18(10)15-8-11(20(25,26)27)4-7-16(15)23/h2-9H,1H3. The molecule has 0 aromatic heterocycles. The maximum Gasteiger partial charge on any atom is 0.416 e. The monoisotopic (exact) mass is 450 g/mol. The highest BCUT2D eigenvalue weighted by molar-refractivity contribution is 6.36. The van der Waals surface area contributed by atoms with Crippen molar-refractivity contribution < 1.29 is 35.1 Å². The molecule has 0 aliphatic heterocycles. The summed E-state index contributed by atoms with van der Waals surface area (Å²) in [6, 6.07) is 6.26. The second-order valence-electron chi connectivity index (χ2n) is 6.50. The van der Waals surface area contributed by atoms with Gasteiger partial charge in [0.1, 0.15) is 11.6 Å². The van der Waals surface area contributed by atoms with Crippen LogP contribution in [0.3, 0.4) is 0 Å². The molecule has 3 rings (SSSR count). The first-order chi connectivity index (χ1) is 13.8. The van der Waals surface area contributed by atoms with Crippen LogP contribution in [0, 0.1) is 18.6 Å². The zero-order chi connectivity index (χ0) is 22.4. The van der Waals surface area contributed by atoms with Crippen molar-refractivity contribution in [1.82, 2.24) is 0 Å². The number of hydrogen-bond acceptors (Lipinski definition) is 0. The SMILES string of the molecule is Cc1ccc(-c2ccc(C(F)(F)F)cc2F)c(Cl)c1-c1cc(C(F)(F)F)ccc1F. The minimum atomic E-state index is -4.76. The van der Waals surface area contributed by atoms with E-state index in [0.717, 1.165) is 6.07 Å². The molecule has 3 aromatic carbocycles. The Bertz CT molecular complexity index is 1110. The summed E-state index contributed by atoms with van der Waals surface area (Å²) in [5, 5.41) is -0.285. The van der Waals surface area contributed by atoms with Crippen molar-refractivity contribution in [1.29, 1.82) is 0 Å². The van der Waals surface area contributed by atoms with Crippen molar-refractivity contribution in [2.45, 2.75) is 19.3 Å². The minimum absolute atomic E-state index is 0.0831. The summed E-state index contributed by atoms with van der Waals surface area (Å²) in [7, 11) is 0. The van der Waals surface area contributed by atoms with Gasteiger partial charge in [0.05, 0.1) is 16.1 Å². The highest BCUT2D eigenvalue weighted by Crippen LogP contribution is 2.43. The molecule has 30 heavy (non-hydrogen) atoms. The zero-order valence-electron chi connectivity index (χ0n) is 15.0. The fourth-order valence-electron chi connectivity index (χ4n) is 3.01. The van der Waals surface area contributed by atoms with Crippen molar-refractivity contribution in [3.8, 4) is 22.3 Å². The molecule has 0 aliphatic carbocycles. The van der Waals surface area contributed by atoms with Gasteiger partial charge < -0.3 is 0 Å².